The average molecular weight is 364 g/mol. The lowest BCUT2D eigenvalue weighted by Crippen LogP contribution is -2.27. The number of hydrogen-bond donors (Lipinski definition) is 0. The van der Waals surface area contributed by atoms with Crippen molar-refractivity contribution in [3.63, 3.8) is 0 Å². The number of benzene rings is 2. The quantitative estimate of drug-likeness (QED) is 0.540. The number of anilines is 1. The fraction of sp³-hybridized carbons (Fsp3) is 0.0588. The normalized spacial score (nSPS) is 16.5. The second kappa shape index (κ2) is 6.43. The molecule has 2 aromatic carbocycles. The summed E-state index contributed by atoms with van der Waals surface area (Å²) in [6, 6.07) is 11.9. The molecule has 1 amide bonds. The Labute approximate surface area is 147 Å². The van der Waals surface area contributed by atoms with Gasteiger partial charge in [0, 0.05) is 0 Å². The Kier molecular flexibility index (Phi) is 4.53. The van der Waals surface area contributed by atoms with Crippen LogP contribution in [0.25, 0.3) is 6.08 Å². The zero-order chi connectivity index (χ0) is 16.6. The maximum atomic E-state index is 13.3. The summed E-state index contributed by atoms with van der Waals surface area (Å²) >= 11 is 12.3. The van der Waals surface area contributed by atoms with Crippen LogP contribution < -0.4 is 4.90 Å². The molecule has 6 heteroatoms. The van der Waals surface area contributed by atoms with Crippen molar-refractivity contribution in [1.29, 1.82) is 0 Å². The summed E-state index contributed by atoms with van der Waals surface area (Å²) in [5, 5.41) is -0.0422. The van der Waals surface area contributed by atoms with Gasteiger partial charge in [-0.15, -0.1) is 0 Å². The van der Waals surface area contributed by atoms with Crippen LogP contribution in [0.15, 0.2) is 47.4 Å². The fourth-order valence-corrected chi connectivity index (χ4v) is 3.67. The number of carbonyl (C=O) groups is 1. The summed E-state index contributed by atoms with van der Waals surface area (Å²) < 4.78 is 13.7. The van der Waals surface area contributed by atoms with Crippen LogP contribution in [-0.4, -0.2) is 10.2 Å². The van der Waals surface area contributed by atoms with Gasteiger partial charge >= 0.3 is 0 Å². The number of rotatable bonds is 2. The van der Waals surface area contributed by atoms with Gasteiger partial charge in [-0.1, -0.05) is 59.8 Å². The molecule has 1 fully saturated rings. The van der Waals surface area contributed by atoms with Gasteiger partial charge < -0.3 is 0 Å². The van der Waals surface area contributed by atoms with Crippen molar-refractivity contribution in [2.75, 3.05) is 4.90 Å². The second-order valence-corrected chi connectivity index (χ2v) is 7.06. The van der Waals surface area contributed by atoms with Gasteiger partial charge in [0.25, 0.3) is 5.91 Å². The first-order valence-electron chi connectivity index (χ1n) is 6.76. The number of thiocarbonyl (C=S) groups is 1. The first-order valence-corrected chi connectivity index (χ1v) is 8.36. The Balaban J connectivity index is 1.97. The highest BCUT2D eigenvalue weighted by molar-refractivity contribution is 8.27. The second-order valence-electron chi connectivity index (χ2n) is 4.97. The van der Waals surface area contributed by atoms with E-state index in [9.17, 15) is 9.18 Å². The van der Waals surface area contributed by atoms with Gasteiger partial charge in [0.1, 0.15) is 5.82 Å². The molecule has 0 unspecified atom stereocenters. The van der Waals surface area contributed by atoms with E-state index in [-0.39, 0.29) is 10.9 Å². The first kappa shape index (κ1) is 16.2. The van der Waals surface area contributed by atoms with E-state index in [1.807, 2.05) is 37.3 Å². The molecule has 0 N–H and O–H groups in total. The van der Waals surface area contributed by atoms with Gasteiger partial charge in [-0.2, -0.15) is 0 Å². The summed E-state index contributed by atoms with van der Waals surface area (Å²) in [5.41, 5.74) is 2.50. The molecule has 0 bridgehead atoms. The molecular weight excluding hydrogens is 353 g/mol. The van der Waals surface area contributed by atoms with Gasteiger partial charge in [0.2, 0.25) is 0 Å². The van der Waals surface area contributed by atoms with Crippen molar-refractivity contribution in [3.8, 4) is 0 Å². The summed E-state index contributed by atoms with van der Waals surface area (Å²) in [6.07, 6.45) is 1.82. The molecule has 116 valence electrons. The molecule has 1 saturated heterocycles. The lowest BCUT2D eigenvalue weighted by Gasteiger charge is -2.14. The highest BCUT2D eigenvalue weighted by Gasteiger charge is 2.33. The van der Waals surface area contributed by atoms with E-state index in [0.717, 1.165) is 11.1 Å². The van der Waals surface area contributed by atoms with E-state index < -0.39 is 5.82 Å². The minimum absolute atomic E-state index is 0.0422. The molecule has 1 aliphatic heterocycles. The molecule has 1 heterocycles. The third kappa shape index (κ3) is 3.17. The topological polar surface area (TPSA) is 20.3 Å². The molecule has 0 atom stereocenters. The SMILES string of the molecule is Cc1ccccc1C=C1SC(=S)N(c2ccc(F)c(Cl)c2)C1=O. The largest absolute Gasteiger partial charge is 0.270 e. The Morgan fingerprint density at radius 3 is 2.70 bits per heavy atom. The van der Waals surface area contributed by atoms with Gasteiger partial charge in [0.15, 0.2) is 4.32 Å². The van der Waals surface area contributed by atoms with Crippen LogP contribution >= 0.6 is 35.6 Å². The third-order valence-electron chi connectivity index (χ3n) is 3.43. The Hall–Kier alpha value is -1.69. The highest BCUT2D eigenvalue weighted by atomic mass is 35.5. The molecule has 2 nitrogen and oxygen atoms in total. The van der Waals surface area contributed by atoms with Crippen molar-refractivity contribution in [1.82, 2.24) is 0 Å². The number of nitrogens with zero attached hydrogens (tertiary/aromatic N) is 1. The average Bonchev–Trinajstić information content (AvgIpc) is 2.79. The number of hydrogen-bond acceptors (Lipinski definition) is 3. The molecule has 3 rings (SSSR count). The van der Waals surface area contributed by atoms with Gasteiger partial charge in [-0.25, -0.2) is 4.39 Å². The van der Waals surface area contributed by atoms with Gasteiger partial charge in [-0.3, -0.25) is 9.69 Å². The smallest absolute Gasteiger partial charge is 0.268 e. The summed E-state index contributed by atoms with van der Waals surface area (Å²) in [7, 11) is 0. The molecule has 0 aliphatic carbocycles. The lowest BCUT2D eigenvalue weighted by atomic mass is 10.1. The number of halogens is 2. The van der Waals surface area contributed by atoms with E-state index in [2.05, 4.69) is 0 Å². The molecule has 0 aromatic heterocycles. The predicted molar refractivity (Wildman–Crippen MR) is 98.2 cm³/mol. The Morgan fingerprint density at radius 2 is 2.00 bits per heavy atom. The first-order chi connectivity index (χ1) is 11.0. The summed E-state index contributed by atoms with van der Waals surface area (Å²) in [4.78, 5) is 14.5. The van der Waals surface area contributed by atoms with Gasteiger partial charge in [0.05, 0.1) is 15.6 Å². The standard InChI is InChI=1S/C17H11ClFNOS2/c1-10-4-2-3-5-11(10)8-15-16(21)20(17(22)23-15)12-6-7-14(19)13(18)9-12/h2-9H,1H3. The van der Waals surface area contributed by atoms with Crippen LogP contribution in [0.3, 0.4) is 0 Å². The van der Waals surface area contributed by atoms with E-state index in [4.69, 9.17) is 23.8 Å². The molecule has 0 saturated carbocycles. The Bertz CT molecular complexity index is 850. The van der Waals surface area contributed by atoms with Crippen molar-refractivity contribution in [3.05, 3.63) is 69.3 Å². The zero-order valence-electron chi connectivity index (χ0n) is 12.0. The monoisotopic (exact) mass is 363 g/mol. The number of amides is 1. The van der Waals surface area contributed by atoms with Crippen LogP contribution in [0, 0.1) is 12.7 Å². The molecule has 2 aromatic rings. The molecule has 23 heavy (non-hydrogen) atoms. The maximum Gasteiger partial charge on any atom is 0.270 e. The number of thioether (sulfide) groups is 1. The maximum absolute atomic E-state index is 13.3. The van der Waals surface area contributed by atoms with E-state index in [1.54, 1.807) is 0 Å². The van der Waals surface area contributed by atoms with E-state index in [1.165, 1.54) is 34.9 Å². The van der Waals surface area contributed by atoms with Crippen LogP contribution in [0.1, 0.15) is 11.1 Å². The lowest BCUT2D eigenvalue weighted by molar-refractivity contribution is -0.113. The zero-order valence-corrected chi connectivity index (χ0v) is 14.4. The fourth-order valence-electron chi connectivity index (χ4n) is 2.20. The van der Waals surface area contributed by atoms with Crippen molar-refractivity contribution >= 4 is 57.6 Å². The number of carbonyl (C=O) groups excluding carboxylic acids is 1. The molecular formula is C17H11ClFNOS2. The van der Waals surface area contributed by atoms with Crippen LogP contribution in [0.5, 0.6) is 0 Å². The summed E-state index contributed by atoms with van der Waals surface area (Å²) in [5.74, 6) is -0.762. The van der Waals surface area contributed by atoms with Crippen LogP contribution in [0.2, 0.25) is 5.02 Å². The van der Waals surface area contributed by atoms with Gasteiger partial charge in [-0.05, 0) is 42.3 Å². The molecule has 1 aliphatic rings. The Morgan fingerprint density at radius 1 is 1.26 bits per heavy atom. The number of aryl methyl sites for hydroxylation is 1. The van der Waals surface area contributed by atoms with Crippen molar-refractivity contribution in [2.45, 2.75) is 6.92 Å². The molecule has 0 spiro atoms. The summed E-state index contributed by atoms with van der Waals surface area (Å²) in [6.45, 7) is 1.98. The molecule has 0 radical (unpaired) electrons. The van der Waals surface area contributed by atoms with Crippen LogP contribution in [0.4, 0.5) is 10.1 Å². The van der Waals surface area contributed by atoms with Crippen LogP contribution in [-0.2, 0) is 4.79 Å². The third-order valence-corrected chi connectivity index (χ3v) is 5.02. The van der Waals surface area contributed by atoms with E-state index >= 15 is 0 Å². The van der Waals surface area contributed by atoms with E-state index in [0.29, 0.717) is 14.9 Å². The van der Waals surface area contributed by atoms with Crippen molar-refractivity contribution in [2.24, 2.45) is 0 Å². The highest BCUT2D eigenvalue weighted by Crippen LogP contribution is 2.37. The predicted octanol–water partition coefficient (Wildman–Crippen LogP) is 5.19. The minimum Gasteiger partial charge on any atom is -0.268 e. The minimum atomic E-state index is -0.531. The van der Waals surface area contributed by atoms with Crippen molar-refractivity contribution < 1.29 is 9.18 Å².